The standard InChI is InChI=1S/C9H19NO2/c1-5-12-8(11)9(4,10)6-7(2)3/h7H,5-6,10H2,1-4H3. The van der Waals surface area contributed by atoms with Gasteiger partial charge >= 0.3 is 5.97 Å². The fraction of sp³-hybridized carbons (Fsp3) is 0.889. The molecule has 0 aromatic carbocycles. The van der Waals surface area contributed by atoms with Gasteiger partial charge in [-0.05, 0) is 26.2 Å². The van der Waals surface area contributed by atoms with E-state index >= 15 is 0 Å². The van der Waals surface area contributed by atoms with Crippen molar-refractivity contribution in [2.75, 3.05) is 6.61 Å². The van der Waals surface area contributed by atoms with Crippen LogP contribution in [0.15, 0.2) is 0 Å². The molecule has 0 rings (SSSR count). The average molecular weight is 173 g/mol. The van der Waals surface area contributed by atoms with E-state index in [1.54, 1.807) is 13.8 Å². The third-order valence-electron chi connectivity index (χ3n) is 1.57. The van der Waals surface area contributed by atoms with Crippen LogP contribution < -0.4 is 5.73 Å². The predicted octanol–water partition coefficient (Wildman–Crippen LogP) is 1.31. The summed E-state index contributed by atoms with van der Waals surface area (Å²) in [6.45, 7) is 7.95. The van der Waals surface area contributed by atoms with E-state index in [-0.39, 0.29) is 5.97 Å². The zero-order chi connectivity index (χ0) is 9.78. The van der Waals surface area contributed by atoms with E-state index in [0.29, 0.717) is 18.9 Å². The van der Waals surface area contributed by atoms with Crippen molar-refractivity contribution < 1.29 is 9.53 Å². The van der Waals surface area contributed by atoms with E-state index in [0.717, 1.165) is 0 Å². The summed E-state index contributed by atoms with van der Waals surface area (Å²) in [5, 5.41) is 0. The van der Waals surface area contributed by atoms with Gasteiger partial charge in [-0.1, -0.05) is 13.8 Å². The summed E-state index contributed by atoms with van der Waals surface area (Å²) in [5.41, 5.74) is 4.94. The molecule has 3 nitrogen and oxygen atoms in total. The van der Waals surface area contributed by atoms with Crippen LogP contribution in [0.4, 0.5) is 0 Å². The third kappa shape index (κ3) is 3.72. The van der Waals surface area contributed by atoms with Gasteiger partial charge < -0.3 is 10.5 Å². The summed E-state index contributed by atoms with van der Waals surface area (Å²) in [6.07, 6.45) is 0.659. The van der Waals surface area contributed by atoms with E-state index in [1.807, 2.05) is 13.8 Å². The molecule has 0 saturated carbocycles. The van der Waals surface area contributed by atoms with E-state index in [1.165, 1.54) is 0 Å². The van der Waals surface area contributed by atoms with Gasteiger partial charge in [0.1, 0.15) is 5.54 Å². The molecule has 0 amide bonds. The van der Waals surface area contributed by atoms with Crippen LogP contribution in [0.25, 0.3) is 0 Å². The van der Waals surface area contributed by atoms with Gasteiger partial charge in [-0.2, -0.15) is 0 Å². The molecule has 0 spiro atoms. The monoisotopic (exact) mass is 173 g/mol. The highest BCUT2D eigenvalue weighted by Gasteiger charge is 2.30. The molecule has 1 atom stereocenters. The van der Waals surface area contributed by atoms with Crippen molar-refractivity contribution >= 4 is 5.97 Å². The van der Waals surface area contributed by atoms with Gasteiger partial charge in [0.15, 0.2) is 0 Å². The van der Waals surface area contributed by atoms with Crippen LogP contribution in [-0.2, 0) is 9.53 Å². The fourth-order valence-electron chi connectivity index (χ4n) is 1.23. The van der Waals surface area contributed by atoms with Crippen LogP contribution in [0.2, 0.25) is 0 Å². The molecule has 0 aliphatic rings. The minimum absolute atomic E-state index is 0.307. The zero-order valence-corrected chi connectivity index (χ0v) is 8.39. The number of esters is 1. The lowest BCUT2D eigenvalue weighted by atomic mass is 9.92. The minimum Gasteiger partial charge on any atom is -0.465 e. The molecule has 0 radical (unpaired) electrons. The van der Waals surface area contributed by atoms with Gasteiger partial charge in [-0.3, -0.25) is 4.79 Å². The molecule has 1 unspecified atom stereocenters. The molecule has 0 aliphatic carbocycles. The number of hydrogen-bond donors (Lipinski definition) is 1. The highest BCUT2D eigenvalue weighted by Crippen LogP contribution is 2.14. The van der Waals surface area contributed by atoms with Gasteiger partial charge in [0.2, 0.25) is 0 Å². The smallest absolute Gasteiger partial charge is 0.325 e. The Morgan fingerprint density at radius 2 is 2.08 bits per heavy atom. The molecule has 72 valence electrons. The minimum atomic E-state index is -0.829. The average Bonchev–Trinajstić information content (AvgIpc) is 1.85. The zero-order valence-electron chi connectivity index (χ0n) is 8.39. The van der Waals surface area contributed by atoms with Crippen LogP contribution in [0.1, 0.15) is 34.1 Å². The maximum Gasteiger partial charge on any atom is 0.325 e. The van der Waals surface area contributed by atoms with Crippen molar-refractivity contribution in [1.82, 2.24) is 0 Å². The number of carbonyl (C=O) groups excluding carboxylic acids is 1. The molecule has 0 aromatic rings. The lowest BCUT2D eigenvalue weighted by molar-refractivity contribution is -0.149. The van der Waals surface area contributed by atoms with Crippen LogP contribution in [0, 0.1) is 5.92 Å². The molecular weight excluding hydrogens is 154 g/mol. The maximum atomic E-state index is 11.3. The number of rotatable bonds is 4. The molecule has 0 heterocycles. The Balaban J connectivity index is 4.09. The first-order valence-electron chi connectivity index (χ1n) is 4.36. The maximum absolute atomic E-state index is 11.3. The van der Waals surface area contributed by atoms with Gasteiger partial charge in [0.05, 0.1) is 6.61 Å². The highest BCUT2D eigenvalue weighted by atomic mass is 16.5. The second kappa shape index (κ2) is 4.45. The van der Waals surface area contributed by atoms with Crippen molar-refractivity contribution in [3.05, 3.63) is 0 Å². The van der Waals surface area contributed by atoms with Crippen molar-refractivity contribution in [2.45, 2.75) is 39.7 Å². The van der Waals surface area contributed by atoms with Crippen molar-refractivity contribution in [3.8, 4) is 0 Å². The topological polar surface area (TPSA) is 52.3 Å². The van der Waals surface area contributed by atoms with Crippen LogP contribution in [-0.4, -0.2) is 18.1 Å². The Labute approximate surface area is 74.3 Å². The summed E-state index contributed by atoms with van der Waals surface area (Å²) in [4.78, 5) is 11.3. The number of ether oxygens (including phenoxy) is 1. The quantitative estimate of drug-likeness (QED) is 0.652. The van der Waals surface area contributed by atoms with Gasteiger partial charge in [0.25, 0.3) is 0 Å². The van der Waals surface area contributed by atoms with Gasteiger partial charge in [-0.15, -0.1) is 0 Å². The summed E-state index contributed by atoms with van der Waals surface area (Å²) in [7, 11) is 0. The first-order chi connectivity index (χ1) is 5.40. The SMILES string of the molecule is CCOC(=O)C(C)(N)CC(C)C. The Morgan fingerprint density at radius 3 is 2.42 bits per heavy atom. The van der Waals surface area contributed by atoms with E-state index < -0.39 is 5.54 Å². The lowest BCUT2D eigenvalue weighted by Crippen LogP contribution is -2.47. The Morgan fingerprint density at radius 1 is 1.58 bits per heavy atom. The fourth-order valence-corrected chi connectivity index (χ4v) is 1.23. The van der Waals surface area contributed by atoms with Crippen LogP contribution in [0.3, 0.4) is 0 Å². The lowest BCUT2D eigenvalue weighted by Gasteiger charge is -2.23. The molecule has 0 fully saturated rings. The molecule has 0 aromatic heterocycles. The van der Waals surface area contributed by atoms with E-state index in [4.69, 9.17) is 10.5 Å². The Hall–Kier alpha value is -0.570. The van der Waals surface area contributed by atoms with Crippen molar-refractivity contribution in [2.24, 2.45) is 11.7 Å². The van der Waals surface area contributed by atoms with E-state index in [2.05, 4.69) is 0 Å². The van der Waals surface area contributed by atoms with Gasteiger partial charge in [-0.25, -0.2) is 0 Å². The summed E-state index contributed by atoms with van der Waals surface area (Å²) >= 11 is 0. The molecule has 3 heteroatoms. The first-order valence-corrected chi connectivity index (χ1v) is 4.36. The second-order valence-corrected chi connectivity index (χ2v) is 3.74. The predicted molar refractivity (Wildman–Crippen MR) is 48.7 cm³/mol. The molecule has 2 N–H and O–H groups in total. The molecule has 12 heavy (non-hydrogen) atoms. The molecular formula is C9H19NO2. The Kier molecular flexibility index (Phi) is 4.24. The number of nitrogens with two attached hydrogens (primary N) is 1. The summed E-state index contributed by atoms with van der Waals surface area (Å²) in [6, 6.07) is 0. The van der Waals surface area contributed by atoms with Crippen LogP contribution in [0.5, 0.6) is 0 Å². The third-order valence-corrected chi connectivity index (χ3v) is 1.57. The normalized spacial score (nSPS) is 15.8. The molecule has 0 bridgehead atoms. The number of carbonyl (C=O) groups is 1. The largest absolute Gasteiger partial charge is 0.465 e. The Bertz CT molecular complexity index is 153. The van der Waals surface area contributed by atoms with Crippen LogP contribution >= 0.6 is 0 Å². The molecule has 0 aliphatic heterocycles. The first kappa shape index (κ1) is 11.4. The highest BCUT2D eigenvalue weighted by molar-refractivity contribution is 5.79. The summed E-state index contributed by atoms with van der Waals surface area (Å²) < 4.78 is 4.84. The summed E-state index contributed by atoms with van der Waals surface area (Å²) in [5.74, 6) is 0.100. The second-order valence-electron chi connectivity index (χ2n) is 3.74. The molecule has 0 saturated heterocycles. The van der Waals surface area contributed by atoms with Crippen molar-refractivity contribution in [1.29, 1.82) is 0 Å². The van der Waals surface area contributed by atoms with E-state index in [9.17, 15) is 4.79 Å². The van der Waals surface area contributed by atoms with Gasteiger partial charge in [0, 0.05) is 0 Å². The van der Waals surface area contributed by atoms with Crippen molar-refractivity contribution in [3.63, 3.8) is 0 Å². The number of hydrogen-bond acceptors (Lipinski definition) is 3.